The number of fused-ring (bicyclic) bond motifs is 1. The van der Waals surface area contributed by atoms with Crippen molar-refractivity contribution in [2.75, 3.05) is 13.2 Å². The van der Waals surface area contributed by atoms with E-state index in [4.69, 9.17) is 4.74 Å². The van der Waals surface area contributed by atoms with Gasteiger partial charge in [-0.15, -0.1) is 0 Å². The molecule has 1 N–H and O–H groups in total. The molecule has 0 unspecified atom stereocenters. The predicted molar refractivity (Wildman–Crippen MR) is 108 cm³/mol. The van der Waals surface area contributed by atoms with E-state index in [0.717, 1.165) is 16.3 Å². The Kier molecular flexibility index (Phi) is 5.46. The van der Waals surface area contributed by atoms with Crippen LogP contribution in [0.3, 0.4) is 0 Å². The van der Waals surface area contributed by atoms with Gasteiger partial charge in [0.25, 0.3) is 0 Å². The number of β-amino-alcohol motifs (C(OH)–C–C–N with tert-alkyl or cyclic N) is 1. The van der Waals surface area contributed by atoms with E-state index in [2.05, 4.69) is 0 Å². The standard InChI is InChI=1S/C22H23NO4S/c24-21-13-20(16-27-15-17-6-2-1-3-7-17)23(14-21)28(25,26)22-11-10-18-8-4-5-9-19(18)12-22/h1-12,20-21,24H,13-16H2/t20-,21+/m1/s1. The van der Waals surface area contributed by atoms with Gasteiger partial charge in [0, 0.05) is 6.54 Å². The lowest BCUT2D eigenvalue weighted by Crippen LogP contribution is -2.38. The summed E-state index contributed by atoms with van der Waals surface area (Å²) in [5, 5.41) is 12.0. The van der Waals surface area contributed by atoms with Crippen molar-refractivity contribution in [2.45, 2.75) is 30.1 Å². The number of hydrogen-bond donors (Lipinski definition) is 1. The fraction of sp³-hybridized carbons (Fsp3) is 0.273. The third-order valence-corrected chi connectivity index (χ3v) is 7.01. The van der Waals surface area contributed by atoms with Crippen molar-refractivity contribution in [2.24, 2.45) is 0 Å². The minimum atomic E-state index is -3.71. The van der Waals surface area contributed by atoms with E-state index in [1.807, 2.05) is 60.7 Å². The number of aliphatic hydroxyl groups excluding tert-OH is 1. The zero-order chi connectivity index (χ0) is 19.6. The Balaban J connectivity index is 1.52. The largest absolute Gasteiger partial charge is 0.392 e. The summed E-state index contributed by atoms with van der Waals surface area (Å²) in [6.45, 7) is 0.755. The second-order valence-corrected chi connectivity index (χ2v) is 9.02. The molecule has 0 radical (unpaired) electrons. The molecule has 146 valence electrons. The van der Waals surface area contributed by atoms with Crippen LogP contribution in [0.2, 0.25) is 0 Å². The van der Waals surface area contributed by atoms with Crippen LogP contribution in [0.15, 0.2) is 77.7 Å². The van der Waals surface area contributed by atoms with Gasteiger partial charge in [0.15, 0.2) is 0 Å². The van der Waals surface area contributed by atoms with E-state index in [1.54, 1.807) is 12.1 Å². The summed E-state index contributed by atoms with van der Waals surface area (Å²) in [5.74, 6) is 0. The van der Waals surface area contributed by atoms with Crippen LogP contribution < -0.4 is 0 Å². The van der Waals surface area contributed by atoms with Gasteiger partial charge >= 0.3 is 0 Å². The van der Waals surface area contributed by atoms with Crippen molar-refractivity contribution < 1.29 is 18.3 Å². The Morgan fingerprint density at radius 1 is 0.964 bits per heavy atom. The van der Waals surface area contributed by atoms with Crippen LogP contribution in [-0.2, 0) is 21.4 Å². The Hall–Kier alpha value is -2.25. The molecule has 0 bridgehead atoms. The van der Waals surface area contributed by atoms with Crippen molar-refractivity contribution in [3.8, 4) is 0 Å². The van der Waals surface area contributed by atoms with E-state index in [0.29, 0.717) is 13.0 Å². The van der Waals surface area contributed by atoms with Gasteiger partial charge in [0.1, 0.15) is 0 Å². The molecule has 1 heterocycles. The molecule has 0 amide bonds. The van der Waals surface area contributed by atoms with Crippen LogP contribution in [0.25, 0.3) is 10.8 Å². The van der Waals surface area contributed by atoms with Crippen molar-refractivity contribution in [1.82, 2.24) is 4.31 Å². The van der Waals surface area contributed by atoms with Crippen LogP contribution in [0.5, 0.6) is 0 Å². The lowest BCUT2D eigenvalue weighted by Gasteiger charge is -2.24. The lowest BCUT2D eigenvalue weighted by atomic mass is 10.1. The fourth-order valence-electron chi connectivity index (χ4n) is 3.66. The van der Waals surface area contributed by atoms with Crippen molar-refractivity contribution in [1.29, 1.82) is 0 Å². The molecule has 4 rings (SSSR count). The molecule has 0 aliphatic carbocycles. The molecule has 1 aliphatic rings. The number of benzene rings is 3. The third-order valence-electron chi connectivity index (χ3n) is 5.09. The number of nitrogens with zero attached hydrogens (tertiary/aromatic N) is 1. The maximum absolute atomic E-state index is 13.2. The van der Waals surface area contributed by atoms with Crippen LogP contribution in [0, 0.1) is 0 Å². The molecule has 3 aromatic rings. The lowest BCUT2D eigenvalue weighted by molar-refractivity contribution is 0.0858. The Morgan fingerprint density at radius 2 is 1.68 bits per heavy atom. The second kappa shape index (κ2) is 8.01. The van der Waals surface area contributed by atoms with Gasteiger partial charge in [-0.3, -0.25) is 0 Å². The molecular formula is C22H23NO4S. The summed E-state index contributed by atoms with van der Waals surface area (Å²) in [4.78, 5) is 0.244. The molecule has 0 aromatic heterocycles. The first-order valence-corrected chi connectivity index (χ1v) is 10.8. The van der Waals surface area contributed by atoms with Crippen LogP contribution in [0.4, 0.5) is 0 Å². The van der Waals surface area contributed by atoms with Gasteiger partial charge in [-0.25, -0.2) is 8.42 Å². The van der Waals surface area contributed by atoms with Gasteiger partial charge in [0.2, 0.25) is 10.0 Å². The molecule has 28 heavy (non-hydrogen) atoms. The van der Waals surface area contributed by atoms with E-state index < -0.39 is 16.1 Å². The van der Waals surface area contributed by atoms with Crippen LogP contribution in [0.1, 0.15) is 12.0 Å². The zero-order valence-corrected chi connectivity index (χ0v) is 16.3. The average Bonchev–Trinajstić information content (AvgIpc) is 3.10. The molecule has 2 atom stereocenters. The maximum atomic E-state index is 13.2. The molecule has 3 aromatic carbocycles. The first kappa shape index (κ1) is 19.1. The quantitative estimate of drug-likeness (QED) is 0.694. The smallest absolute Gasteiger partial charge is 0.243 e. The highest BCUT2D eigenvalue weighted by atomic mass is 32.2. The normalized spacial score (nSPS) is 20.6. The van der Waals surface area contributed by atoms with Gasteiger partial charge < -0.3 is 9.84 Å². The minimum Gasteiger partial charge on any atom is -0.392 e. The molecule has 6 heteroatoms. The summed E-state index contributed by atoms with van der Waals surface area (Å²) in [6, 6.07) is 22.2. The van der Waals surface area contributed by atoms with E-state index >= 15 is 0 Å². The summed E-state index contributed by atoms with van der Waals surface area (Å²) in [7, 11) is -3.71. The number of rotatable bonds is 6. The molecule has 0 spiro atoms. The number of hydrogen-bond acceptors (Lipinski definition) is 4. The molecule has 0 saturated carbocycles. The van der Waals surface area contributed by atoms with Gasteiger partial charge in [0.05, 0.1) is 30.3 Å². The first-order valence-electron chi connectivity index (χ1n) is 9.34. The SMILES string of the molecule is O=S(=O)(c1ccc2ccccc2c1)N1C[C@@H](O)C[C@@H]1COCc1ccccc1. The number of aliphatic hydroxyl groups is 1. The zero-order valence-electron chi connectivity index (χ0n) is 15.4. The topological polar surface area (TPSA) is 66.8 Å². The summed E-state index contributed by atoms with van der Waals surface area (Å²) < 4.78 is 33.6. The van der Waals surface area contributed by atoms with Crippen molar-refractivity contribution >= 4 is 20.8 Å². The minimum absolute atomic E-state index is 0.0918. The van der Waals surface area contributed by atoms with E-state index in [-0.39, 0.29) is 24.1 Å². The monoisotopic (exact) mass is 397 g/mol. The molecule has 1 fully saturated rings. The molecule has 1 saturated heterocycles. The highest BCUT2D eigenvalue weighted by molar-refractivity contribution is 7.89. The Bertz CT molecular complexity index is 1050. The van der Waals surface area contributed by atoms with Crippen LogP contribution in [-0.4, -0.2) is 43.1 Å². The predicted octanol–water partition coefficient (Wildman–Crippen LogP) is 3.18. The van der Waals surface area contributed by atoms with Gasteiger partial charge in [-0.2, -0.15) is 4.31 Å². The highest BCUT2D eigenvalue weighted by Crippen LogP contribution is 2.28. The van der Waals surface area contributed by atoms with Gasteiger partial charge in [-0.05, 0) is 34.9 Å². The number of ether oxygens (including phenoxy) is 1. The fourth-order valence-corrected chi connectivity index (χ4v) is 5.35. The van der Waals surface area contributed by atoms with Crippen LogP contribution >= 0.6 is 0 Å². The summed E-state index contributed by atoms with van der Waals surface area (Å²) in [5.41, 5.74) is 1.03. The first-order chi connectivity index (χ1) is 13.5. The van der Waals surface area contributed by atoms with E-state index in [1.165, 1.54) is 4.31 Å². The Morgan fingerprint density at radius 3 is 2.46 bits per heavy atom. The van der Waals surface area contributed by atoms with E-state index in [9.17, 15) is 13.5 Å². The molecule has 5 nitrogen and oxygen atoms in total. The average molecular weight is 397 g/mol. The Labute approximate surface area is 165 Å². The third kappa shape index (κ3) is 3.95. The van der Waals surface area contributed by atoms with Gasteiger partial charge in [-0.1, -0.05) is 60.7 Å². The molecular weight excluding hydrogens is 374 g/mol. The van der Waals surface area contributed by atoms with Crippen molar-refractivity contribution in [3.05, 3.63) is 78.4 Å². The highest BCUT2D eigenvalue weighted by Gasteiger charge is 2.39. The maximum Gasteiger partial charge on any atom is 0.243 e. The summed E-state index contributed by atoms with van der Waals surface area (Å²) >= 11 is 0. The molecule has 1 aliphatic heterocycles. The van der Waals surface area contributed by atoms with Crippen molar-refractivity contribution in [3.63, 3.8) is 0 Å². The number of sulfonamides is 1. The summed E-state index contributed by atoms with van der Waals surface area (Å²) in [6.07, 6.45) is -0.303. The second-order valence-electron chi connectivity index (χ2n) is 7.13.